The standard InChI is InChI=1S/C29H41NO4.ClH/c1-25(2,3)26(4,32)20-15-27-10-11-29(20,33-5)24-28(27)12-13-30(16-17-6-7-17)21(27)14-18-8-9-19(31)23(34-24)22(18)28;/h8-9,17,20-21,24,31-32H,6-7,10-16H2,1-5H3;1H/p-1/t20?,21-,24?,26?,27?,28+,29?;/m1./s1. The molecule has 4 bridgehead atoms. The zero-order valence-electron chi connectivity index (χ0n) is 21.9. The number of methoxy groups -OCH3 is 1. The SMILES string of the molecule is COC12CCC3(CC1C(C)(O)C(C)(C)C)[C@H]1Cc4ccc(O)c5c4[C@@]3(CCN1CC1CC1)C2O5.[Cl-]. The molecule has 35 heavy (non-hydrogen) atoms. The summed E-state index contributed by atoms with van der Waals surface area (Å²) in [5, 5.41) is 23.2. The lowest BCUT2D eigenvalue weighted by atomic mass is 9.33. The first-order chi connectivity index (χ1) is 16.0. The average molecular weight is 503 g/mol. The number of phenols is 1. The van der Waals surface area contributed by atoms with Crippen molar-refractivity contribution in [1.29, 1.82) is 0 Å². The van der Waals surface area contributed by atoms with Gasteiger partial charge in [0.15, 0.2) is 11.5 Å². The summed E-state index contributed by atoms with van der Waals surface area (Å²) in [6.07, 6.45) is 7.64. The third-order valence-electron chi connectivity index (χ3n) is 11.9. The maximum absolute atomic E-state index is 12.2. The number of halogens is 1. The largest absolute Gasteiger partial charge is 1.00 e. The van der Waals surface area contributed by atoms with Gasteiger partial charge >= 0.3 is 0 Å². The van der Waals surface area contributed by atoms with Gasteiger partial charge in [-0.3, -0.25) is 4.90 Å². The van der Waals surface area contributed by atoms with Crippen molar-refractivity contribution in [3.8, 4) is 11.5 Å². The molecule has 7 aliphatic rings. The van der Waals surface area contributed by atoms with Crippen LogP contribution in [0, 0.1) is 22.7 Å². The van der Waals surface area contributed by atoms with Crippen LogP contribution in [0.2, 0.25) is 0 Å². The Morgan fingerprint density at radius 3 is 2.54 bits per heavy atom. The molecule has 1 aromatic carbocycles. The zero-order chi connectivity index (χ0) is 23.9. The van der Waals surface area contributed by atoms with Crippen molar-refractivity contribution in [2.75, 3.05) is 20.2 Å². The van der Waals surface area contributed by atoms with E-state index in [0.717, 1.165) is 44.6 Å². The number of aliphatic hydroxyl groups is 1. The lowest BCUT2D eigenvalue weighted by Gasteiger charge is -2.75. The van der Waals surface area contributed by atoms with E-state index in [0.29, 0.717) is 11.8 Å². The molecule has 0 aromatic heterocycles. The van der Waals surface area contributed by atoms with Gasteiger partial charge in [-0.05, 0) is 81.4 Å². The van der Waals surface area contributed by atoms with E-state index in [-0.39, 0.29) is 46.4 Å². The van der Waals surface area contributed by atoms with Gasteiger partial charge in [-0.1, -0.05) is 26.8 Å². The average Bonchev–Trinajstić information content (AvgIpc) is 3.53. The molecule has 7 atom stereocenters. The normalized spacial score (nSPS) is 42.6. The van der Waals surface area contributed by atoms with Gasteiger partial charge in [0.25, 0.3) is 0 Å². The monoisotopic (exact) mass is 502 g/mol. The van der Waals surface area contributed by atoms with Crippen LogP contribution in [-0.4, -0.2) is 58.7 Å². The quantitative estimate of drug-likeness (QED) is 0.652. The molecule has 5 nitrogen and oxygen atoms in total. The van der Waals surface area contributed by atoms with Crippen LogP contribution in [0.25, 0.3) is 0 Å². The van der Waals surface area contributed by atoms with Crippen molar-refractivity contribution in [2.45, 2.75) is 101 Å². The summed E-state index contributed by atoms with van der Waals surface area (Å²) in [7, 11) is 1.83. The van der Waals surface area contributed by atoms with E-state index < -0.39 is 11.2 Å². The Morgan fingerprint density at radius 1 is 1.14 bits per heavy atom. The number of phenolic OH excluding ortho intramolecular Hbond substituents is 1. The van der Waals surface area contributed by atoms with Crippen LogP contribution in [0.4, 0.5) is 0 Å². The fourth-order valence-electron chi connectivity index (χ4n) is 9.58. The molecule has 1 aromatic rings. The first-order valence-corrected chi connectivity index (χ1v) is 13.6. The molecule has 1 saturated heterocycles. The third kappa shape index (κ3) is 2.62. The number of nitrogens with zero attached hydrogens (tertiary/aromatic N) is 1. The Balaban J connectivity index is 0.00000229. The number of ether oxygens (including phenoxy) is 2. The summed E-state index contributed by atoms with van der Waals surface area (Å²) >= 11 is 0. The van der Waals surface area contributed by atoms with Crippen LogP contribution >= 0.6 is 0 Å². The number of benzene rings is 1. The van der Waals surface area contributed by atoms with E-state index in [1.807, 2.05) is 20.1 Å². The van der Waals surface area contributed by atoms with Crippen molar-refractivity contribution >= 4 is 0 Å². The molecule has 2 spiro atoms. The molecule has 2 heterocycles. The minimum atomic E-state index is -0.909. The van der Waals surface area contributed by atoms with E-state index in [1.165, 1.54) is 30.5 Å². The molecule has 0 radical (unpaired) electrons. The highest BCUT2D eigenvalue weighted by atomic mass is 35.5. The molecule has 8 rings (SSSR count). The molecule has 4 saturated carbocycles. The van der Waals surface area contributed by atoms with Crippen LogP contribution in [0.5, 0.6) is 11.5 Å². The van der Waals surface area contributed by atoms with Crippen molar-refractivity contribution in [3.63, 3.8) is 0 Å². The number of fused-ring (bicyclic) bond motifs is 2. The van der Waals surface area contributed by atoms with Gasteiger partial charge < -0.3 is 32.1 Å². The second-order valence-corrected chi connectivity index (χ2v) is 13.8. The van der Waals surface area contributed by atoms with Crippen LogP contribution in [-0.2, 0) is 16.6 Å². The number of hydrogen-bond donors (Lipinski definition) is 2. The molecule has 5 unspecified atom stereocenters. The van der Waals surface area contributed by atoms with Crippen LogP contribution < -0.4 is 17.1 Å². The molecule has 6 heteroatoms. The zero-order valence-corrected chi connectivity index (χ0v) is 22.6. The fourth-order valence-corrected chi connectivity index (χ4v) is 9.58. The predicted octanol–water partition coefficient (Wildman–Crippen LogP) is 1.42. The van der Waals surface area contributed by atoms with Gasteiger partial charge in [0.05, 0.1) is 5.60 Å². The van der Waals surface area contributed by atoms with Crippen LogP contribution in [0.15, 0.2) is 12.1 Å². The van der Waals surface area contributed by atoms with Gasteiger partial charge in [0.2, 0.25) is 0 Å². The van der Waals surface area contributed by atoms with E-state index in [9.17, 15) is 10.2 Å². The molecular weight excluding hydrogens is 462 g/mol. The summed E-state index contributed by atoms with van der Waals surface area (Å²) in [5.74, 6) is 1.80. The fraction of sp³-hybridized carbons (Fsp3) is 0.793. The lowest BCUT2D eigenvalue weighted by molar-refractivity contribution is -0.312. The summed E-state index contributed by atoms with van der Waals surface area (Å²) in [5.41, 5.74) is 0.783. The molecule has 5 fully saturated rings. The first-order valence-electron chi connectivity index (χ1n) is 13.6. The van der Waals surface area contributed by atoms with Crippen LogP contribution in [0.3, 0.4) is 0 Å². The molecule has 194 valence electrons. The number of hydrogen-bond acceptors (Lipinski definition) is 5. The maximum atomic E-state index is 12.2. The van der Waals surface area contributed by atoms with E-state index >= 15 is 0 Å². The highest BCUT2D eigenvalue weighted by molar-refractivity contribution is 5.63. The van der Waals surface area contributed by atoms with Crippen LogP contribution in [0.1, 0.15) is 77.3 Å². The third-order valence-corrected chi connectivity index (χ3v) is 11.9. The molecule has 0 amide bonds. The van der Waals surface area contributed by atoms with E-state index in [1.54, 1.807) is 0 Å². The molecule has 2 aliphatic heterocycles. The Labute approximate surface area is 216 Å². The highest BCUT2D eigenvalue weighted by Gasteiger charge is 2.82. The van der Waals surface area contributed by atoms with Gasteiger partial charge in [-0.2, -0.15) is 0 Å². The van der Waals surface area contributed by atoms with Gasteiger partial charge in [0.1, 0.15) is 11.7 Å². The maximum Gasteiger partial charge on any atom is 0.165 e. The number of rotatable bonds is 4. The Kier molecular flexibility index (Phi) is 4.93. The molecule has 5 aliphatic carbocycles. The van der Waals surface area contributed by atoms with Crippen molar-refractivity contribution in [2.24, 2.45) is 22.7 Å². The second-order valence-electron chi connectivity index (χ2n) is 13.8. The summed E-state index contributed by atoms with van der Waals surface area (Å²) < 4.78 is 13.5. The number of aromatic hydroxyl groups is 1. The predicted molar refractivity (Wildman–Crippen MR) is 130 cm³/mol. The lowest BCUT2D eigenvalue weighted by Crippen LogP contribution is -3.00. The van der Waals surface area contributed by atoms with E-state index in [4.69, 9.17) is 9.47 Å². The topological polar surface area (TPSA) is 62.2 Å². The Bertz CT molecular complexity index is 1060. The number of likely N-dealkylation sites (tertiary alicyclic amines) is 1. The summed E-state index contributed by atoms with van der Waals surface area (Å²) in [6.45, 7) is 10.8. The van der Waals surface area contributed by atoms with Crippen molar-refractivity contribution in [1.82, 2.24) is 4.90 Å². The summed E-state index contributed by atoms with van der Waals surface area (Å²) in [4.78, 5) is 2.82. The Hall–Kier alpha value is -1.01. The minimum absolute atomic E-state index is 0. The Morgan fingerprint density at radius 2 is 1.89 bits per heavy atom. The number of piperidine rings is 1. The first kappa shape index (κ1) is 24.3. The van der Waals surface area contributed by atoms with Gasteiger partial charge in [-0.15, -0.1) is 0 Å². The minimum Gasteiger partial charge on any atom is -1.00 e. The summed E-state index contributed by atoms with van der Waals surface area (Å²) in [6, 6.07) is 4.46. The van der Waals surface area contributed by atoms with Crippen molar-refractivity contribution in [3.05, 3.63) is 23.3 Å². The molecular formula is C29H41ClNO4-. The smallest absolute Gasteiger partial charge is 0.165 e. The highest BCUT2D eigenvalue weighted by Crippen LogP contribution is 2.78. The molecule has 2 N–H and O–H groups in total. The second kappa shape index (κ2) is 7.09. The van der Waals surface area contributed by atoms with E-state index in [2.05, 4.69) is 31.7 Å². The van der Waals surface area contributed by atoms with Gasteiger partial charge in [-0.25, -0.2) is 0 Å². The van der Waals surface area contributed by atoms with Crippen molar-refractivity contribution < 1.29 is 32.1 Å². The van der Waals surface area contributed by atoms with Gasteiger partial charge in [0, 0.05) is 42.0 Å².